The van der Waals surface area contributed by atoms with Gasteiger partial charge in [0.25, 0.3) is 0 Å². The molecule has 9 nitrogen and oxygen atoms in total. The number of aromatic nitrogens is 2. The Morgan fingerprint density at radius 2 is 1.71 bits per heavy atom. The Labute approximate surface area is 197 Å². The SMILES string of the molecule is CS(=O)(=O)c1ccc(CNc2ccc(-c3c(N)nc(N)nc3COCc3ccco3)cc2)cc1. The molecular formula is C24H25N5O4S. The predicted octanol–water partition coefficient (Wildman–Crippen LogP) is 3.63. The van der Waals surface area contributed by atoms with E-state index in [0.29, 0.717) is 35.1 Å². The van der Waals surface area contributed by atoms with Gasteiger partial charge >= 0.3 is 0 Å². The highest BCUT2D eigenvalue weighted by Gasteiger charge is 2.14. The maximum absolute atomic E-state index is 11.6. The smallest absolute Gasteiger partial charge is 0.222 e. The number of hydrogen-bond donors (Lipinski definition) is 3. The van der Waals surface area contributed by atoms with Gasteiger partial charge < -0.3 is 25.9 Å². The van der Waals surface area contributed by atoms with Gasteiger partial charge in [0, 0.05) is 24.1 Å². The van der Waals surface area contributed by atoms with Crippen LogP contribution in [0.2, 0.25) is 0 Å². The lowest BCUT2D eigenvalue weighted by Gasteiger charge is -2.13. The van der Waals surface area contributed by atoms with Crippen LogP contribution in [0.1, 0.15) is 17.0 Å². The average Bonchev–Trinajstić information content (AvgIpc) is 3.31. The first kappa shape index (κ1) is 23.3. The summed E-state index contributed by atoms with van der Waals surface area (Å²) in [5, 5.41) is 3.32. The molecule has 4 rings (SSSR count). The molecule has 0 unspecified atom stereocenters. The van der Waals surface area contributed by atoms with Gasteiger partial charge in [-0.25, -0.2) is 13.4 Å². The fourth-order valence-corrected chi connectivity index (χ4v) is 4.05. The Balaban J connectivity index is 1.45. The van der Waals surface area contributed by atoms with Crippen LogP contribution >= 0.6 is 0 Å². The number of hydrogen-bond acceptors (Lipinski definition) is 9. The average molecular weight is 480 g/mol. The number of rotatable bonds is 9. The number of sulfone groups is 1. The molecule has 176 valence electrons. The molecule has 0 fully saturated rings. The summed E-state index contributed by atoms with van der Waals surface area (Å²) in [5.41, 5.74) is 15.9. The van der Waals surface area contributed by atoms with E-state index in [1.807, 2.05) is 30.3 Å². The molecular weight excluding hydrogens is 454 g/mol. The Bertz CT molecular complexity index is 1350. The van der Waals surface area contributed by atoms with Crippen molar-refractivity contribution >= 4 is 27.3 Å². The number of nitrogens with one attached hydrogen (secondary N) is 1. The van der Waals surface area contributed by atoms with Crippen molar-refractivity contribution in [1.82, 2.24) is 9.97 Å². The van der Waals surface area contributed by atoms with Gasteiger partial charge in [0.2, 0.25) is 5.95 Å². The van der Waals surface area contributed by atoms with E-state index in [2.05, 4.69) is 15.3 Å². The van der Waals surface area contributed by atoms with E-state index >= 15 is 0 Å². The number of ether oxygens (including phenoxy) is 1. The van der Waals surface area contributed by atoms with Crippen molar-refractivity contribution in [3.63, 3.8) is 0 Å². The van der Waals surface area contributed by atoms with Gasteiger partial charge in [-0.1, -0.05) is 24.3 Å². The van der Waals surface area contributed by atoms with Crippen LogP contribution in [0, 0.1) is 0 Å². The van der Waals surface area contributed by atoms with E-state index < -0.39 is 9.84 Å². The van der Waals surface area contributed by atoms with E-state index in [1.165, 1.54) is 6.26 Å². The minimum absolute atomic E-state index is 0.0815. The summed E-state index contributed by atoms with van der Waals surface area (Å²) in [5.74, 6) is 1.06. The van der Waals surface area contributed by atoms with Crippen LogP contribution in [0.15, 0.2) is 76.2 Å². The summed E-state index contributed by atoms with van der Waals surface area (Å²) in [7, 11) is -3.21. The Morgan fingerprint density at radius 3 is 2.35 bits per heavy atom. The summed E-state index contributed by atoms with van der Waals surface area (Å²) in [4.78, 5) is 8.73. The van der Waals surface area contributed by atoms with Gasteiger partial charge in [-0.2, -0.15) is 4.98 Å². The second-order valence-corrected chi connectivity index (χ2v) is 9.72. The van der Waals surface area contributed by atoms with Crippen LogP contribution in [-0.2, 0) is 34.3 Å². The van der Waals surface area contributed by atoms with Crippen molar-refractivity contribution in [2.24, 2.45) is 0 Å². The molecule has 0 spiro atoms. The largest absolute Gasteiger partial charge is 0.467 e. The fraction of sp³-hybridized carbons (Fsp3) is 0.167. The molecule has 2 heterocycles. The minimum Gasteiger partial charge on any atom is -0.467 e. The molecule has 0 saturated carbocycles. The quantitative estimate of drug-likeness (QED) is 0.327. The summed E-state index contributed by atoms with van der Waals surface area (Å²) in [6, 6.07) is 18.1. The molecule has 0 radical (unpaired) electrons. The van der Waals surface area contributed by atoms with Gasteiger partial charge in [-0.05, 0) is 47.5 Å². The van der Waals surface area contributed by atoms with E-state index in [0.717, 1.165) is 16.8 Å². The lowest BCUT2D eigenvalue weighted by Crippen LogP contribution is -2.08. The number of nitrogen functional groups attached to an aromatic ring is 2. The first-order chi connectivity index (χ1) is 16.3. The van der Waals surface area contributed by atoms with Crippen LogP contribution in [0.3, 0.4) is 0 Å². The molecule has 2 aromatic heterocycles. The van der Waals surface area contributed by atoms with Gasteiger partial charge in [0.15, 0.2) is 9.84 Å². The minimum atomic E-state index is -3.21. The zero-order chi connectivity index (χ0) is 24.1. The van der Waals surface area contributed by atoms with Gasteiger partial charge in [0.05, 0.1) is 23.5 Å². The fourth-order valence-electron chi connectivity index (χ4n) is 3.42. The monoisotopic (exact) mass is 479 g/mol. The second kappa shape index (κ2) is 9.94. The van der Waals surface area contributed by atoms with Crippen molar-refractivity contribution < 1.29 is 17.6 Å². The molecule has 5 N–H and O–H groups in total. The van der Waals surface area contributed by atoms with Crippen molar-refractivity contribution in [3.8, 4) is 11.1 Å². The predicted molar refractivity (Wildman–Crippen MR) is 130 cm³/mol. The lowest BCUT2D eigenvalue weighted by atomic mass is 10.0. The summed E-state index contributed by atoms with van der Waals surface area (Å²) >= 11 is 0. The first-order valence-electron chi connectivity index (χ1n) is 10.4. The van der Waals surface area contributed by atoms with Crippen molar-refractivity contribution in [3.05, 3.63) is 83.9 Å². The van der Waals surface area contributed by atoms with Gasteiger partial charge in [-0.3, -0.25) is 0 Å². The van der Waals surface area contributed by atoms with Crippen molar-refractivity contribution in [1.29, 1.82) is 0 Å². The van der Waals surface area contributed by atoms with Crippen LogP contribution in [-0.4, -0.2) is 24.6 Å². The molecule has 0 bridgehead atoms. The number of furan rings is 1. The molecule has 34 heavy (non-hydrogen) atoms. The van der Waals surface area contributed by atoms with Crippen molar-refractivity contribution in [2.45, 2.75) is 24.7 Å². The Kier molecular flexibility index (Phi) is 6.80. The van der Waals surface area contributed by atoms with Crippen molar-refractivity contribution in [2.75, 3.05) is 23.0 Å². The molecule has 0 aliphatic rings. The topological polar surface area (TPSA) is 146 Å². The molecule has 0 aliphatic heterocycles. The first-order valence-corrected chi connectivity index (χ1v) is 12.3. The third-order valence-corrected chi connectivity index (χ3v) is 6.24. The normalized spacial score (nSPS) is 11.4. The van der Waals surface area contributed by atoms with Crippen LogP contribution in [0.25, 0.3) is 11.1 Å². The molecule has 2 aromatic carbocycles. The number of nitrogens with two attached hydrogens (primary N) is 2. The van der Waals surface area contributed by atoms with Crippen LogP contribution in [0.5, 0.6) is 0 Å². The van der Waals surface area contributed by atoms with Gasteiger partial charge in [-0.15, -0.1) is 0 Å². The molecule has 4 aromatic rings. The van der Waals surface area contributed by atoms with Crippen LogP contribution in [0.4, 0.5) is 17.5 Å². The molecule has 10 heteroatoms. The second-order valence-electron chi connectivity index (χ2n) is 7.71. The summed E-state index contributed by atoms with van der Waals surface area (Å²) < 4.78 is 34.2. The Hall–Kier alpha value is -3.89. The zero-order valence-corrected chi connectivity index (χ0v) is 19.4. The number of benzene rings is 2. The summed E-state index contributed by atoms with van der Waals surface area (Å²) in [6.45, 7) is 1.03. The van der Waals surface area contributed by atoms with E-state index in [4.69, 9.17) is 20.6 Å². The van der Waals surface area contributed by atoms with Crippen LogP contribution < -0.4 is 16.8 Å². The maximum Gasteiger partial charge on any atom is 0.222 e. The molecule has 0 amide bonds. The van der Waals surface area contributed by atoms with E-state index in [-0.39, 0.29) is 18.4 Å². The van der Waals surface area contributed by atoms with E-state index in [1.54, 1.807) is 36.6 Å². The number of nitrogens with zero attached hydrogens (tertiary/aromatic N) is 2. The molecule has 0 saturated heterocycles. The third-order valence-electron chi connectivity index (χ3n) is 5.11. The molecule has 0 atom stereocenters. The highest BCUT2D eigenvalue weighted by atomic mass is 32.2. The lowest BCUT2D eigenvalue weighted by molar-refractivity contribution is 0.0910. The number of anilines is 3. The summed E-state index contributed by atoms with van der Waals surface area (Å²) in [6.07, 6.45) is 2.78. The maximum atomic E-state index is 11.6. The van der Waals surface area contributed by atoms with E-state index in [9.17, 15) is 8.42 Å². The highest BCUT2D eigenvalue weighted by Crippen LogP contribution is 2.30. The molecule has 0 aliphatic carbocycles. The third kappa shape index (κ3) is 5.72. The zero-order valence-electron chi connectivity index (χ0n) is 18.6. The van der Waals surface area contributed by atoms with Gasteiger partial charge in [0.1, 0.15) is 18.2 Å². The highest BCUT2D eigenvalue weighted by molar-refractivity contribution is 7.90. The standard InChI is InChI=1S/C24H25N5O4S/c1-34(30,31)20-10-4-16(5-11-20)13-27-18-8-6-17(7-9-18)22-21(28-24(26)29-23(22)25)15-32-14-19-3-2-12-33-19/h2-12,27H,13-15H2,1H3,(H4,25,26,28,29). The Morgan fingerprint density at radius 1 is 0.971 bits per heavy atom.